The van der Waals surface area contributed by atoms with Crippen LogP contribution in [0.15, 0.2) is 53.4 Å². The van der Waals surface area contributed by atoms with Crippen molar-refractivity contribution in [1.29, 1.82) is 0 Å². The Morgan fingerprint density at radius 1 is 1.11 bits per heavy atom. The molecule has 5 nitrogen and oxygen atoms in total. The highest BCUT2D eigenvalue weighted by molar-refractivity contribution is 7.99. The topological polar surface area (TPSA) is 61.4 Å². The smallest absolute Gasteiger partial charge is 0.288 e. The number of amides is 2. The standard InChI is InChI=1S/C19H19F2N3O2S/c20-19(21)27-16-9-4-2-7-14(16)23-17(25)12-22-13-6-1-3-8-15(13)24-11-5-10-18(24)26/h1-4,6-9,19,22H,5,10-12H2,(H,23,25). The van der Waals surface area contributed by atoms with Crippen molar-refractivity contribution in [2.75, 3.05) is 28.6 Å². The first-order valence-electron chi connectivity index (χ1n) is 8.51. The van der Waals surface area contributed by atoms with Gasteiger partial charge in [0.1, 0.15) is 0 Å². The lowest BCUT2D eigenvalue weighted by Crippen LogP contribution is -2.26. The Balaban J connectivity index is 1.65. The molecule has 0 bridgehead atoms. The number of nitrogens with one attached hydrogen (secondary N) is 2. The number of halogens is 2. The average Bonchev–Trinajstić information content (AvgIpc) is 3.07. The van der Waals surface area contributed by atoms with Crippen molar-refractivity contribution in [3.8, 4) is 0 Å². The summed E-state index contributed by atoms with van der Waals surface area (Å²) in [7, 11) is 0. The quantitative estimate of drug-likeness (QED) is 0.695. The van der Waals surface area contributed by atoms with Gasteiger partial charge in [-0.2, -0.15) is 8.78 Å². The van der Waals surface area contributed by atoms with Crippen LogP contribution >= 0.6 is 11.8 Å². The Morgan fingerprint density at radius 2 is 1.81 bits per heavy atom. The number of hydrogen-bond acceptors (Lipinski definition) is 4. The van der Waals surface area contributed by atoms with Crippen LogP contribution in [-0.2, 0) is 9.59 Å². The van der Waals surface area contributed by atoms with Gasteiger partial charge in [-0.05, 0) is 30.7 Å². The Kier molecular flexibility index (Phi) is 6.28. The minimum absolute atomic E-state index is 0.0489. The second-order valence-corrected chi connectivity index (χ2v) is 6.97. The number of para-hydroxylation sites is 3. The lowest BCUT2D eigenvalue weighted by molar-refractivity contribution is -0.117. The highest BCUT2D eigenvalue weighted by Gasteiger charge is 2.23. The van der Waals surface area contributed by atoms with E-state index in [1.807, 2.05) is 18.2 Å². The van der Waals surface area contributed by atoms with Crippen LogP contribution in [0.1, 0.15) is 12.8 Å². The Hall–Kier alpha value is -2.61. The zero-order valence-corrected chi connectivity index (χ0v) is 15.3. The summed E-state index contributed by atoms with van der Waals surface area (Å²) >= 11 is 0.388. The zero-order valence-electron chi connectivity index (χ0n) is 14.5. The van der Waals surface area contributed by atoms with Gasteiger partial charge in [0.15, 0.2) is 0 Å². The molecule has 2 N–H and O–H groups in total. The molecule has 0 spiro atoms. The maximum Gasteiger partial charge on any atom is 0.288 e. The number of anilines is 3. The predicted molar refractivity (Wildman–Crippen MR) is 103 cm³/mol. The van der Waals surface area contributed by atoms with Crippen molar-refractivity contribution in [3.05, 3.63) is 48.5 Å². The van der Waals surface area contributed by atoms with E-state index in [9.17, 15) is 18.4 Å². The third kappa shape index (κ3) is 4.97. The molecule has 0 atom stereocenters. The third-order valence-corrected chi connectivity index (χ3v) is 4.87. The molecular weight excluding hydrogens is 372 g/mol. The fourth-order valence-electron chi connectivity index (χ4n) is 2.90. The molecular formula is C19H19F2N3O2S. The van der Waals surface area contributed by atoms with Gasteiger partial charge < -0.3 is 15.5 Å². The van der Waals surface area contributed by atoms with Gasteiger partial charge in [-0.15, -0.1) is 0 Å². The van der Waals surface area contributed by atoms with Gasteiger partial charge in [0.25, 0.3) is 5.76 Å². The van der Waals surface area contributed by atoms with Gasteiger partial charge in [0.2, 0.25) is 11.8 Å². The van der Waals surface area contributed by atoms with E-state index in [1.54, 1.807) is 29.2 Å². The molecule has 0 aromatic heterocycles. The highest BCUT2D eigenvalue weighted by atomic mass is 32.2. The molecule has 0 radical (unpaired) electrons. The van der Waals surface area contributed by atoms with Crippen LogP contribution in [0.5, 0.6) is 0 Å². The lowest BCUT2D eigenvalue weighted by atomic mass is 10.2. The maximum absolute atomic E-state index is 12.6. The zero-order chi connectivity index (χ0) is 19.2. The molecule has 8 heteroatoms. The van der Waals surface area contributed by atoms with Crippen LogP contribution in [0.3, 0.4) is 0 Å². The largest absolute Gasteiger partial charge is 0.374 e. The minimum atomic E-state index is -2.56. The Morgan fingerprint density at radius 3 is 2.52 bits per heavy atom. The SMILES string of the molecule is O=C(CNc1ccccc1N1CCCC1=O)Nc1ccccc1SC(F)F. The fraction of sp³-hybridized carbons (Fsp3) is 0.263. The van der Waals surface area contributed by atoms with Gasteiger partial charge in [-0.3, -0.25) is 9.59 Å². The van der Waals surface area contributed by atoms with E-state index >= 15 is 0 Å². The van der Waals surface area contributed by atoms with Crippen molar-refractivity contribution in [3.63, 3.8) is 0 Å². The van der Waals surface area contributed by atoms with E-state index < -0.39 is 5.76 Å². The Bertz CT molecular complexity index is 832. The molecule has 1 fully saturated rings. The van der Waals surface area contributed by atoms with Gasteiger partial charge in [0, 0.05) is 17.9 Å². The molecule has 2 aromatic carbocycles. The molecule has 2 amide bonds. The lowest BCUT2D eigenvalue weighted by Gasteiger charge is -2.20. The molecule has 27 heavy (non-hydrogen) atoms. The fourth-order valence-corrected chi connectivity index (χ4v) is 3.50. The van der Waals surface area contributed by atoms with Gasteiger partial charge in [-0.1, -0.05) is 36.0 Å². The van der Waals surface area contributed by atoms with Crippen LogP contribution in [0.2, 0.25) is 0 Å². The van der Waals surface area contributed by atoms with Crippen LogP contribution in [0.4, 0.5) is 25.8 Å². The predicted octanol–water partition coefficient (Wildman–Crippen LogP) is 4.18. The molecule has 0 unspecified atom stereocenters. The van der Waals surface area contributed by atoms with Gasteiger partial charge in [0.05, 0.1) is 23.6 Å². The number of carbonyl (C=O) groups excluding carboxylic acids is 2. The molecule has 1 saturated heterocycles. The summed E-state index contributed by atoms with van der Waals surface area (Å²) in [4.78, 5) is 26.3. The summed E-state index contributed by atoms with van der Waals surface area (Å²) in [6.45, 7) is 0.606. The maximum atomic E-state index is 12.6. The van der Waals surface area contributed by atoms with Crippen LogP contribution in [0.25, 0.3) is 0 Å². The van der Waals surface area contributed by atoms with E-state index in [0.29, 0.717) is 41.0 Å². The second kappa shape index (κ2) is 8.85. The first kappa shape index (κ1) is 19.2. The summed E-state index contributed by atoms with van der Waals surface area (Å²) in [5.74, 6) is -2.86. The number of thioether (sulfide) groups is 1. The van der Waals surface area contributed by atoms with E-state index in [4.69, 9.17) is 0 Å². The molecule has 1 aliphatic heterocycles. The first-order valence-corrected chi connectivity index (χ1v) is 9.39. The normalized spacial score (nSPS) is 13.9. The number of carbonyl (C=O) groups is 2. The monoisotopic (exact) mass is 391 g/mol. The summed E-state index contributed by atoms with van der Waals surface area (Å²) < 4.78 is 25.3. The van der Waals surface area contributed by atoms with E-state index in [2.05, 4.69) is 10.6 Å². The van der Waals surface area contributed by atoms with E-state index in [-0.39, 0.29) is 18.4 Å². The molecule has 2 aromatic rings. The molecule has 3 rings (SSSR count). The molecule has 0 aliphatic carbocycles. The van der Waals surface area contributed by atoms with Crippen LogP contribution in [0, 0.1) is 0 Å². The van der Waals surface area contributed by atoms with Crippen LogP contribution in [-0.4, -0.2) is 30.7 Å². The van der Waals surface area contributed by atoms with Crippen molar-refractivity contribution in [1.82, 2.24) is 0 Å². The average molecular weight is 391 g/mol. The summed E-state index contributed by atoms with van der Waals surface area (Å²) in [5, 5.41) is 5.68. The van der Waals surface area contributed by atoms with Crippen LogP contribution < -0.4 is 15.5 Å². The first-order chi connectivity index (χ1) is 13.0. The van der Waals surface area contributed by atoms with Gasteiger partial charge in [-0.25, -0.2) is 0 Å². The molecule has 0 saturated carbocycles. The van der Waals surface area contributed by atoms with E-state index in [1.165, 1.54) is 6.07 Å². The summed E-state index contributed by atoms with van der Waals surface area (Å²) in [6.07, 6.45) is 1.33. The Labute approximate surface area is 160 Å². The third-order valence-electron chi connectivity index (χ3n) is 4.08. The van der Waals surface area contributed by atoms with Gasteiger partial charge >= 0.3 is 0 Å². The number of benzene rings is 2. The number of alkyl halides is 2. The summed E-state index contributed by atoms with van der Waals surface area (Å²) in [6, 6.07) is 13.7. The van der Waals surface area contributed by atoms with E-state index in [0.717, 1.165) is 12.1 Å². The minimum Gasteiger partial charge on any atom is -0.374 e. The number of hydrogen-bond donors (Lipinski definition) is 2. The molecule has 1 heterocycles. The van der Waals surface area contributed by atoms with Crippen molar-refractivity contribution in [2.45, 2.75) is 23.5 Å². The number of nitrogens with zero attached hydrogens (tertiary/aromatic N) is 1. The van der Waals surface area contributed by atoms with Crippen molar-refractivity contribution < 1.29 is 18.4 Å². The highest BCUT2D eigenvalue weighted by Crippen LogP contribution is 2.32. The summed E-state index contributed by atoms with van der Waals surface area (Å²) in [5.41, 5.74) is 1.76. The molecule has 1 aliphatic rings. The second-order valence-electron chi connectivity index (χ2n) is 5.94. The molecule has 142 valence electrons. The number of rotatable bonds is 7. The van der Waals surface area contributed by atoms with Crippen molar-refractivity contribution in [2.24, 2.45) is 0 Å². The van der Waals surface area contributed by atoms with Crippen molar-refractivity contribution >= 4 is 40.6 Å².